The Balaban J connectivity index is 1.36. The molecule has 1 fully saturated rings. The second-order valence-electron chi connectivity index (χ2n) is 11.0. The van der Waals surface area contributed by atoms with Crippen molar-refractivity contribution in [1.82, 2.24) is 29.9 Å². The number of ether oxygens (including phenoxy) is 1. The fourth-order valence-electron chi connectivity index (χ4n) is 5.64. The number of piperidine rings is 1. The van der Waals surface area contributed by atoms with E-state index in [1.807, 2.05) is 18.5 Å². The average molecular weight is 467 g/mol. The Morgan fingerprint density at radius 3 is 2.71 bits per heavy atom. The zero-order valence-corrected chi connectivity index (χ0v) is 21.1. The average Bonchev–Trinajstić information content (AvgIpc) is 3.36. The minimum absolute atomic E-state index is 0.237. The Morgan fingerprint density at radius 1 is 1.24 bits per heavy atom. The third-order valence-electron chi connectivity index (χ3n) is 7.33. The molecule has 34 heavy (non-hydrogen) atoms. The van der Waals surface area contributed by atoms with Crippen molar-refractivity contribution < 1.29 is 9.84 Å². The summed E-state index contributed by atoms with van der Waals surface area (Å²) >= 11 is 0. The van der Waals surface area contributed by atoms with Crippen LogP contribution in [-0.4, -0.2) is 68.1 Å². The van der Waals surface area contributed by atoms with Gasteiger partial charge in [-0.2, -0.15) is 5.10 Å². The van der Waals surface area contributed by atoms with E-state index in [1.54, 1.807) is 6.33 Å². The van der Waals surface area contributed by atoms with Crippen LogP contribution < -0.4 is 10.1 Å². The summed E-state index contributed by atoms with van der Waals surface area (Å²) in [5, 5.41) is 18.3. The molecule has 184 valence electrons. The van der Waals surface area contributed by atoms with Gasteiger partial charge in [0.2, 0.25) is 0 Å². The molecule has 0 spiro atoms. The van der Waals surface area contributed by atoms with E-state index in [2.05, 4.69) is 70.4 Å². The van der Waals surface area contributed by atoms with Crippen LogP contribution in [0.25, 0.3) is 5.70 Å². The first-order valence-corrected chi connectivity index (χ1v) is 12.5. The summed E-state index contributed by atoms with van der Waals surface area (Å²) in [6, 6.07) is 7.02. The normalized spacial score (nSPS) is 23.7. The Hall–Kier alpha value is -2.58. The van der Waals surface area contributed by atoms with E-state index in [1.165, 1.54) is 5.56 Å². The van der Waals surface area contributed by atoms with Gasteiger partial charge >= 0.3 is 0 Å². The molecule has 3 aliphatic rings. The molecule has 0 amide bonds. The van der Waals surface area contributed by atoms with Crippen LogP contribution in [0.5, 0.6) is 5.75 Å². The van der Waals surface area contributed by atoms with Crippen LogP contribution >= 0.6 is 0 Å². The Kier molecular flexibility index (Phi) is 5.84. The van der Waals surface area contributed by atoms with Crippen molar-refractivity contribution in [2.24, 2.45) is 0 Å². The maximum Gasteiger partial charge on any atom is 0.176 e. The zero-order valence-electron chi connectivity index (χ0n) is 21.1. The molecule has 1 atom stereocenters. The van der Waals surface area contributed by atoms with Crippen LogP contribution in [0.1, 0.15) is 76.4 Å². The predicted molar refractivity (Wildman–Crippen MR) is 132 cm³/mol. The Morgan fingerprint density at radius 2 is 2.00 bits per heavy atom. The maximum absolute atomic E-state index is 10.2. The highest BCUT2D eigenvalue weighted by Gasteiger charge is 2.43. The van der Waals surface area contributed by atoms with Gasteiger partial charge in [0.05, 0.1) is 17.8 Å². The predicted octanol–water partition coefficient (Wildman–Crippen LogP) is 3.28. The number of benzene rings is 1. The number of β-amino-alcohol motifs (C(OH)–C–C–N with tert-alkyl or cyclic N) is 1. The van der Waals surface area contributed by atoms with E-state index in [4.69, 9.17) is 4.74 Å². The van der Waals surface area contributed by atoms with Crippen molar-refractivity contribution in [2.45, 2.75) is 70.7 Å². The molecule has 1 saturated heterocycles. The summed E-state index contributed by atoms with van der Waals surface area (Å²) in [5.41, 5.74) is 2.45. The van der Waals surface area contributed by atoms with Gasteiger partial charge in [-0.15, -0.1) is 0 Å². The minimum atomic E-state index is -0.643. The van der Waals surface area contributed by atoms with Crippen molar-refractivity contribution >= 4 is 5.70 Å². The summed E-state index contributed by atoms with van der Waals surface area (Å²) in [5.74, 6) is 2.35. The number of hydrogen-bond donors (Lipinski definition) is 2. The van der Waals surface area contributed by atoms with Gasteiger partial charge in [0.25, 0.3) is 0 Å². The van der Waals surface area contributed by atoms with E-state index in [0.29, 0.717) is 12.5 Å². The van der Waals surface area contributed by atoms with E-state index in [-0.39, 0.29) is 6.04 Å². The molecular weight excluding hydrogens is 428 g/mol. The number of nitrogens with zero attached hydrogens (tertiary/aromatic N) is 5. The molecule has 0 aliphatic carbocycles. The number of hydrogen-bond acceptors (Lipinski definition) is 7. The molecule has 8 heteroatoms. The standard InChI is InChI=1S/C26H38N6O2/c1-18(2)32-24(27-17-28-32)22-15-31-12-13-34-23-14-20(6-7-21(23)26(31,5)29-22)19-8-10-30(11-9-19)16-25(3,4)33/h6-7,14-15,17-19,29,33H,8-13,16H2,1-5H3. The highest BCUT2D eigenvalue weighted by molar-refractivity contribution is 5.63. The summed E-state index contributed by atoms with van der Waals surface area (Å²) < 4.78 is 8.23. The highest BCUT2D eigenvalue weighted by Crippen LogP contribution is 2.42. The van der Waals surface area contributed by atoms with Crippen molar-refractivity contribution in [3.05, 3.63) is 47.7 Å². The van der Waals surface area contributed by atoms with E-state index in [9.17, 15) is 5.11 Å². The van der Waals surface area contributed by atoms with Crippen LogP contribution in [-0.2, 0) is 5.66 Å². The second-order valence-corrected chi connectivity index (χ2v) is 11.0. The first-order valence-electron chi connectivity index (χ1n) is 12.5. The number of aromatic nitrogens is 3. The molecule has 2 N–H and O–H groups in total. The lowest BCUT2D eigenvalue weighted by Gasteiger charge is -2.37. The molecular formula is C26H38N6O2. The second kappa shape index (κ2) is 8.57. The van der Waals surface area contributed by atoms with Gasteiger partial charge in [-0.05, 0) is 78.1 Å². The topological polar surface area (TPSA) is 78.7 Å². The smallest absolute Gasteiger partial charge is 0.176 e. The molecule has 8 nitrogen and oxygen atoms in total. The number of likely N-dealkylation sites (tertiary alicyclic amines) is 1. The first kappa shape index (κ1) is 23.2. The fourth-order valence-corrected chi connectivity index (χ4v) is 5.64. The van der Waals surface area contributed by atoms with E-state index >= 15 is 0 Å². The van der Waals surface area contributed by atoms with E-state index < -0.39 is 11.3 Å². The third-order valence-corrected chi connectivity index (χ3v) is 7.33. The van der Waals surface area contributed by atoms with Crippen LogP contribution in [0.2, 0.25) is 0 Å². The van der Waals surface area contributed by atoms with Crippen molar-refractivity contribution in [2.75, 3.05) is 32.8 Å². The van der Waals surface area contributed by atoms with Crippen molar-refractivity contribution in [3.63, 3.8) is 0 Å². The van der Waals surface area contributed by atoms with Gasteiger partial charge in [0.1, 0.15) is 24.3 Å². The van der Waals surface area contributed by atoms with Crippen LogP contribution in [0.15, 0.2) is 30.7 Å². The number of nitrogens with one attached hydrogen (secondary N) is 1. The van der Waals surface area contributed by atoms with Gasteiger partial charge in [0, 0.05) is 24.4 Å². The quantitative estimate of drug-likeness (QED) is 0.700. The van der Waals surface area contributed by atoms with Gasteiger partial charge in [-0.1, -0.05) is 12.1 Å². The van der Waals surface area contributed by atoms with E-state index in [0.717, 1.165) is 61.9 Å². The molecule has 0 saturated carbocycles. The van der Waals surface area contributed by atoms with Gasteiger partial charge < -0.3 is 25.0 Å². The lowest BCUT2D eigenvalue weighted by Crippen LogP contribution is -2.46. The molecule has 1 aromatic carbocycles. The third kappa shape index (κ3) is 4.29. The lowest BCUT2D eigenvalue weighted by atomic mass is 9.87. The number of aliphatic hydroxyl groups is 1. The molecule has 3 aliphatic heterocycles. The maximum atomic E-state index is 10.2. The molecule has 2 aromatic rings. The van der Waals surface area contributed by atoms with Crippen LogP contribution in [0.3, 0.4) is 0 Å². The SMILES string of the molecule is CC(C)n1ncnc1C1=CN2CCOc3cc(C4CCN(CC(C)(C)O)CC4)ccc3C2(C)N1. The monoisotopic (exact) mass is 466 g/mol. The number of rotatable bonds is 5. The van der Waals surface area contributed by atoms with Crippen molar-refractivity contribution in [3.8, 4) is 5.75 Å². The first-order chi connectivity index (χ1) is 16.1. The zero-order chi connectivity index (χ0) is 24.1. The minimum Gasteiger partial charge on any atom is -0.491 e. The molecule has 4 heterocycles. The summed E-state index contributed by atoms with van der Waals surface area (Å²) in [4.78, 5) is 9.23. The van der Waals surface area contributed by atoms with Gasteiger partial charge in [-0.3, -0.25) is 0 Å². The molecule has 1 aromatic heterocycles. The molecule has 0 radical (unpaired) electrons. The highest BCUT2D eigenvalue weighted by atomic mass is 16.5. The number of fused-ring (bicyclic) bond motifs is 3. The van der Waals surface area contributed by atoms with Crippen LogP contribution in [0, 0.1) is 0 Å². The summed E-state index contributed by atoms with van der Waals surface area (Å²) in [6.07, 6.45) is 5.99. The molecule has 0 bridgehead atoms. The Labute approximate surface area is 202 Å². The summed E-state index contributed by atoms with van der Waals surface area (Å²) in [7, 11) is 0. The largest absolute Gasteiger partial charge is 0.491 e. The molecule has 5 rings (SSSR count). The molecule has 1 unspecified atom stereocenters. The fraction of sp³-hybridized carbons (Fsp3) is 0.615. The Bertz CT molecular complexity index is 1060. The summed E-state index contributed by atoms with van der Waals surface area (Å²) in [6.45, 7) is 14.4. The van der Waals surface area contributed by atoms with Crippen LogP contribution in [0.4, 0.5) is 0 Å². The van der Waals surface area contributed by atoms with Gasteiger partial charge in [-0.25, -0.2) is 9.67 Å². The van der Waals surface area contributed by atoms with Gasteiger partial charge in [0.15, 0.2) is 5.82 Å². The van der Waals surface area contributed by atoms with Crippen molar-refractivity contribution in [1.29, 1.82) is 0 Å². The lowest BCUT2D eigenvalue weighted by molar-refractivity contribution is 0.0282.